The van der Waals surface area contributed by atoms with Crippen LogP contribution in [0, 0.1) is 13.8 Å². The zero-order chi connectivity index (χ0) is 15.6. The Kier molecular flexibility index (Phi) is 4.26. The van der Waals surface area contributed by atoms with Gasteiger partial charge in [0.15, 0.2) is 0 Å². The van der Waals surface area contributed by atoms with Crippen LogP contribution >= 0.6 is 0 Å². The van der Waals surface area contributed by atoms with Gasteiger partial charge < -0.3 is 10.6 Å². The molecule has 0 fully saturated rings. The van der Waals surface area contributed by atoms with Gasteiger partial charge in [0.2, 0.25) is 0 Å². The molecule has 1 aromatic heterocycles. The van der Waals surface area contributed by atoms with Gasteiger partial charge in [-0.2, -0.15) is 0 Å². The highest BCUT2D eigenvalue weighted by molar-refractivity contribution is 6.06. The van der Waals surface area contributed by atoms with Crippen molar-refractivity contribution in [3.8, 4) is 0 Å². The predicted molar refractivity (Wildman–Crippen MR) is 86.7 cm³/mol. The summed E-state index contributed by atoms with van der Waals surface area (Å²) in [4.78, 5) is 18.5. The Labute approximate surface area is 125 Å². The summed E-state index contributed by atoms with van der Waals surface area (Å²) < 4.78 is 0. The predicted octanol–water partition coefficient (Wildman–Crippen LogP) is 3.12. The van der Waals surface area contributed by atoms with Crippen LogP contribution in [0.5, 0.6) is 0 Å². The standard InChI is InChI=1S/C17H21N3O/c1-5-14-9-13(10-16(18)19-14)17(21)20(4)15-7-6-11(2)8-12(15)3/h6-10H,5H2,1-4H3,(H2,18,19). The second-order valence-corrected chi connectivity index (χ2v) is 5.28. The lowest BCUT2D eigenvalue weighted by Crippen LogP contribution is -2.27. The van der Waals surface area contributed by atoms with Crippen molar-refractivity contribution in [3.05, 3.63) is 52.7 Å². The number of aryl methyl sites for hydroxylation is 3. The molecule has 0 saturated heterocycles. The first-order valence-corrected chi connectivity index (χ1v) is 7.04. The summed E-state index contributed by atoms with van der Waals surface area (Å²) >= 11 is 0. The minimum Gasteiger partial charge on any atom is -0.384 e. The van der Waals surface area contributed by atoms with Crippen molar-refractivity contribution in [1.82, 2.24) is 4.98 Å². The van der Waals surface area contributed by atoms with E-state index in [1.54, 1.807) is 24.1 Å². The van der Waals surface area contributed by atoms with Crippen molar-refractivity contribution in [2.24, 2.45) is 0 Å². The van der Waals surface area contributed by atoms with Gasteiger partial charge in [0.05, 0.1) is 0 Å². The number of aromatic nitrogens is 1. The first-order chi connectivity index (χ1) is 9.92. The molecule has 0 bridgehead atoms. The third-order valence-electron chi connectivity index (χ3n) is 3.53. The van der Waals surface area contributed by atoms with Crippen LogP contribution in [0.2, 0.25) is 0 Å². The Morgan fingerprint density at radius 3 is 2.57 bits per heavy atom. The summed E-state index contributed by atoms with van der Waals surface area (Å²) in [6.45, 7) is 6.03. The molecule has 0 aliphatic rings. The fourth-order valence-corrected chi connectivity index (χ4v) is 2.40. The fraction of sp³-hybridized carbons (Fsp3) is 0.294. The van der Waals surface area contributed by atoms with Crippen LogP contribution in [0.4, 0.5) is 11.5 Å². The highest BCUT2D eigenvalue weighted by Crippen LogP contribution is 2.22. The Morgan fingerprint density at radius 2 is 1.95 bits per heavy atom. The molecular formula is C17H21N3O. The van der Waals surface area contributed by atoms with Crippen molar-refractivity contribution in [2.75, 3.05) is 17.7 Å². The molecule has 0 saturated carbocycles. The van der Waals surface area contributed by atoms with Crippen LogP contribution in [-0.2, 0) is 6.42 Å². The normalized spacial score (nSPS) is 10.5. The van der Waals surface area contributed by atoms with E-state index >= 15 is 0 Å². The maximum absolute atomic E-state index is 12.6. The summed E-state index contributed by atoms with van der Waals surface area (Å²) in [5.74, 6) is 0.303. The van der Waals surface area contributed by atoms with Gasteiger partial charge in [0.1, 0.15) is 5.82 Å². The highest BCUT2D eigenvalue weighted by atomic mass is 16.2. The molecule has 4 heteroatoms. The number of amides is 1. The maximum atomic E-state index is 12.6. The molecule has 0 aliphatic carbocycles. The molecule has 0 unspecified atom stereocenters. The molecule has 1 aromatic carbocycles. The molecule has 0 radical (unpaired) electrons. The number of anilines is 2. The number of benzene rings is 1. The fourth-order valence-electron chi connectivity index (χ4n) is 2.40. The number of pyridine rings is 1. The quantitative estimate of drug-likeness (QED) is 0.941. The smallest absolute Gasteiger partial charge is 0.258 e. The van der Waals surface area contributed by atoms with Crippen LogP contribution in [0.1, 0.15) is 34.1 Å². The van der Waals surface area contributed by atoms with Gasteiger partial charge in [-0.1, -0.05) is 24.6 Å². The molecule has 0 aliphatic heterocycles. The van der Waals surface area contributed by atoms with Crippen molar-refractivity contribution in [1.29, 1.82) is 0 Å². The second-order valence-electron chi connectivity index (χ2n) is 5.28. The maximum Gasteiger partial charge on any atom is 0.258 e. The zero-order valence-electron chi connectivity index (χ0n) is 13.0. The van der Waals surface area contributed by atoms with E-state index in [4.69, 9.17) is 5.73 Å². The lowest BCUT2D eigenvalue weighted by Gasteiger charge is -2.20. The van der Waals surface area contributed by atoms with E-state index in [-0.39, 0.29) is 5.91 Å². The molecule has 2 rings (SSSR count). The molecule has 1 amide bonds. The molecule has 0 spiro atoms. The van der Waals surface area contributed by atoms with Gasteiger partial charge >= 0.3 is 0 Å². The van der Waals surface area contributed by atoms with Crippen molar-refractivity contribution in [3.63, 3.8) is 0 Å². The van der Waals surface area contributed by atoms with Gasteiger partial charge in [0.25, 0.3) is 5.91 Å². The number of nitrogen functional groups attached to an aromatic ring is 1. The van der Waals surface area contributed by atoms with Crippen LogP contribution in [0.25, 0.3) is 0 Å². The van der Waals surface area contributed by atoms with E-state index in [1.165, 1.54) is 5.56 Å². The number of rotatable bonds is 3. The first kappa shape index (κ1) is 15.0. The third-order valence-corrected chi connectivity index (χ3v) is 3.53. The average Bonchev–Trinajstić information content (AvgIpc) is 2.45. The van der Waals surface area contributed by atoms with Gasteiger partial charge in [-0.15, -0.1) is 0 Å². The Morgan fingerprint density at radius 1 is 1.24 bits per heavy atom. The lowest BCUT2D eigenvalue weighted by molar-refractivity contribution is 0.0992. The van der Waals surface area contributed by atoms with E-state index in [2.05, 4.69) is 11.1 Å². The molecule has 110 valence electrons. The Hall–Kier alpha value is -2.36. The molecule has 2 aromatic rings. The van der Waals surface area contributed by atoms with E-state index < -0.39 is 0 Å². The van der Waals surface area contributed by atoms with Crippen LogP contribution < -0.4 is 10.6 Å². The van der Waals surface area contributed by atoms with E-state index in [0.717, 1.165) is 23.4 Å². The van der Waals surface area contributed by atoms with Gasteiger partial charge in [0, 0.05) is 24.0 Å². The molecule has 1 heterocycles. The molecular weight excluding hydrogens is 262 g/mol. The summed E-state index contributed by atoms with van der Waals surface area (Å²) in [6, 6.07) is 9.47. The summed E-state index contributed by atoms with van der Waals surface area (Å²) in [5.41, 5.74) is 10.3. The number of hydrogen-bond acceptors (Lipinski definition) is 3. The van der Waals surface area contributed by atoms with Gasteiger partial charge in [-0.05, 0) is 44.0 Å². The van der Waals surface area contributed by atoms with Crippen molar-refractivity contribution >= 4 is 17.4 Å². The molecule has 0 atom stereocenters. The second kappa shape index (κ2) is 5.95. The minimum absolute atomic E-state index is 0.0780. The summed E-state index contributed by atoms with van der Waals surface area (Å²) in [5, 5.41) is 0. The van der Waals surface area contributed by atoms with E-state index in [1.807, 2.05) is 32.9 Å². The molecule has 21 heavy (non-hydrogen) atoms. The largest absolute Gasteiger partial charge is 0.384 e. The number of carbonyl (C=O) groups is 1. The average molecular weight is 283 g/mol. The molecule has 2 N–H and O–H groups in total. The number of hydrogen-bond donors (Lipinski definition) is 1. The van der Waals surface area contributed by atoms with Gasteiger partial charge in [-0.25, -0.2) is 4.98 Å². The Balaban J connectivity index is 2.37. The van der Waals surface area contributed by atoms with Crippen molar-refractivity contribution in [2.45, 2.75) is 27.2 Å². The topological polar surface area (TPSA) is 59.2 Å². The SMILES string of the molecule is CCc1cc(C(=O)N(C)c2ccc(C)cc2C)cc(N)n1. The number of carbonyl (C=O) groups excluding carboxylic acids is 1. The van der Waals surface area contributed by atoms with E-state index in [9.17, 15) is 4.79 Å². The van der Waals surface area contributed by atoms with Crippen molar-refractivity contribution < 1.29 is 4.79 Å². The van der Waals surface area contributed by atoms with E-state index in [0.29, 0.717) is 11.4 Å². The van der Waals surface area contributed by atoms with Crippen LogP contribution in [-0.4, -0.2) is 17.9 Å². The van der Waals surface area contributed by atoms with Crippen LogP contribution in [0.3, 0.4) is 0 Å². The summed E-state index contributed by atoms with van der Waals surface area (Å²) in [6.07, 6.45) is 0.749. The summed E-state index contributed by atoms with van der Waals surface area (Å²) in [7, 11) is 1.78. The van der Waals surface area contributed by atoms with Crippen LogP contribution in [0.15, 0.2) is 30.3 Å². The Bertz CT molecular complexity index is 680. The highest BCUT2D eigenvalue weighted by Gasteiger charge is 2.16. The third kappa shape index (κ3) is 3.21. The minimum atomic E-state index is -0.0780. The monoisotopic (exact) mass is 283 g/mol. The lowest BCUT2D eigenvalue weighted by atomic mass is 10.1. The number of nitrogens with zero attached hydrogens (tertiary/aromatic N) is 2. The zero-order valence-corrected chi connectivity index (χ0v) is 13.0. The first-order valence-electron chi connectivity index (χ1n) is 7.04. The molecule has 4 nitrogen and oxygen atoms in total. The van der Waals surface area contributed by atoms with Gasteiger partial charge in [-0.3, -0.25) is 4.79 Å². The number of nitrogens with two attached hydrogens (primary N) is 1.